The number of carboxylic acid groups (broad SMARTS) is 1. The number of likely N-dealkylation sites (tertiary alicyclic amines) is 1. The van der Waals surface area contributed by atoms with Crippen LogP contribution < -0.4 is 5.32 Å². The first-order valence-corrected chi connectivity index (χ1v) is 5.87. The van der Waals surface area contributed by atoms with E-state index >= 15 is 0 Å². The average Bonchev–Trinajstić information content (AvgIpc) is 2.96. The fraction of sp³-hybridized carbons (Fsp3) is 0.600. The summed E-state index contributed by atoms with van der Waals surface area (Å²) in [6, 6.07) is -0.849. The van der Waals surface area contributed by atoms with Gasteiger partial charge < -0.3 is 10.0 Å². The summed E-state index contributed by atoms with van der Waals surface area (Å²) in [5.41, 5.74) is -2.93. The number of hydrogen-bond donors (Lipinski definition) is 2. The summed E-state index contributed by atoms with van der Waals surface area (Å²) in [4.78, 5) is 27.4. The van der Waals surface area contributed by atoms with Gasteiger partial charge in [-0.3, -0.25) is 10.1 Å². The van der Waals surface area contributed by atoms with Gasteiger partial charge in [-0.2, -0.15) is 23.3 Å². The van der Waals surface area contributed by atoms with Gasteiger partial charge in [0.25, 0.3) is 0 Å². The molecule has 0 aromatic carbocycles. The second kappa shape index (κ2) is 4.90. The van der Waals surface area contributed by atoms with Gasteiger partial charge >= 0.3 is 18.2 Å². The molecule has 1 unspecified atom stereocenters. The maximum absolute atomic E-state index is 13.0. The minimum absolute atomic E-state index is 0.0554. The molecule has 1 aliphatic rings. The number of carboxylic acids is 1. The topological polar surface area (TPSA) is 100 Å². The second-order valence-corrected chi connectivity index (χ2v) is 4.69. The number of nitrogens with zero attached hydrogens (tertiary/aromatic N) is 4. The highest BCUT2D eigenvalue weighted by Gasteiger charge is 2.64. The predicted octanol–water partition coefficient (Wildman–Crippen LogP) is 0.686. The Morgan fingerprint density at radius 1 is 1.48 bits per heavy atom. The number of aliphatic carboxylic acids is 1. The number of carbonyl (C=O) groups excluding carboxylic acids is 1. The minimum Gasteiger partial charge on any atom is -0.481 e. The molecule has 1 atom stereocenters. The Morgan fingerprint density at radius 2 is 2.14 bits per heavy atom. The number of rotatable bonds is 2. The number of carbonyl (C=O) groups is 2. The monoisotopic (exact) mass is 307 g/mol. The molecule has 2 N–H and O–H groups in total. The molecule has 1 saturated heterocycles. The van der Waals surface area contributed by atoms with Crippen LogP contribution in [0.2, 0.25) is 0 Å². The number of amides is 2. The molecule has 1 aromatic rings. The maximum atomic E-state index is 13.0. The molecule has 1 aromatic heterocycles. The summed E-state index contributed by atoms with van der Waals surface area (Å²) in [7, 11) is 1.49. The number of aromatic nitrogens is 3. The van der Waals surface area contributed by atoms with Gasteiger partial charge in [0.15, 0.2) is 5.41 Å². The molecule has 0 aliphatic carbocycles. The first-order valence-electron chi connectivity index (χ1n) is 5.87. The van der Waals surface area contributed by atoms with Gasteiger partial charge in [-0.15, -0.1) is 0 Å². The van der Waals surface area contributed by atoms with Gasteiger partial charge in [0, 0.05) is 20.1 Å². The fourth-order valence-corrected chi connectivity index (χ4v) is 2.09. The third-order valence-electron chi connectivity index (χ3n) is 3.44. The quantitative estimate of drug-likeness (QED) is 0.837. The van der Waals surface area contributed by atoms with Crippen molar-refractivity contribution in [3.05, 3.63) is 6.33 Å². The number of halogens is 3. The van der Waals surface area contributed by atoms with Crippen molar-refractivity contribution in [3.8, 4) is 0 Å². The summed E-state index contributed by atoms with van der Waals surface area (Å²) in [6.07, 6.45) is -4.45. The Labute approximate surface area is 116 Å². The van der Waals surface area contributed by atoms with Crippen molar-refractivity contribution < 1.29 is 27.9 Å². The van der Waals surface area contributed by atoms with E-state index in [4.69, 9.17) is 5.11 Å². The van der Waals surface area contributed by atoms with E-state index in [9.17, 15) is 22.8 Å². The number of hydrogen-bond acceptors (Lipinski definition) is 4. The third-order valence-corrected chi connectivity index (χ3v) is 3.44. The average molecular weight is 307 g/mol. The van der Waals surface area contributed by atoms with E-state index in [0.717, 1.165) is 11.2 Å². The lowest BCUT2D eigenvalue weighted by Crippen LogP contribution is -2.48. The molecule has 2 heterocycles. The first-order chi connectivity index (χ1) is 9.67. The molecule has 2 amide bonds. The van der Waals surface area contributed by atoms with Crippen LogP contribution in [-0.4, -0.2) is 56.0 Å². The molecule has 0 radical (unpaired) electrons. The van der Waals surface area contributed by atoms with Gasteiger partial charge in [0.2, 0.25) is 5.95 Å². The SMILES string of the molecule is Cn1ncnc1NC(=O)N1CCC(C(=O)O)(C(F)(F)F)C1. The van der Waals surface area contributed by atoms with E-state index in [-0.39, 0.29) is 12.5 Å². The molecule has 1 aliphatic heterocycles. The van der Waals surface area contributed by atoms with Crippen LogP contribution in [-0.2, 0) is 11.8 Å². The van der Waals surface area contributed by atoms with E-state index in [1.165, 1.54) is 11.7 Å². The Hall–Kier alpha value is -2.33. The summed E-state index contributed by atoms with van der Waals surface area (Å²) < 4.78 is 40.2. The fourth-order valence-electron chi connectivity index (χ4n) is 2.09. The molecule has 0 spiro atoms. The predicted molar refractivity (Wildman–Crippen MR) is 62.3 cm³/mol. The molecular formula is C10H12F3N5O3. The smallest absolute Gasteiger partial charge is 0.406 e. The van der Waals surface area contributed by atoms with Crippen LogP contribution in [0.1, 0.15) is 6.42 Å². The zero-order valence-electron chi connectivity index (χ0n) is 10.9. The maximum Gasteiger partial charge on any atom is 0.406 e. The number of alkyl halides is 3. The van der Waals surface area contributed by atoms with Crippen LogP contribution in [0.25, 0.3) is 0 Å². The van der Waals surface area contributed by atoms with Gasteiger partial charge in [0.1, 0.15) is 6.33 Å². The van der Waals surface area contributed by atoms with Gasteiger partial charge in [-0.1, -0.05) is 0 Å². The second-order valence-electron chi connectivity index (χ2n) is 4.69. The molecule has 11 heteroatoms. The molecule has 21 heavy (non-hydrogen) atoms. The molecule has 0 bridgehead atoms. The van der Waals surface area contributed by atoms with Gasteiger partial charge in [-0.25, -0.2) is 9.48 Å². The van der Waals surface area contributed by atoms with Crippen LogP contribution in [0.5, 0.6) is 0 Å². The Morgan fingerprint density at radius 3 is 2.57 bits per heavy atom. The lowest BCUT2D eigenvalue weighted by atomic mass is 9.86. The molecule has 2 rings (SSSR count). The zero-order valence-corrected chi connectivity index (χ0v) is 10.9. The van der Waals surface area contributed by atoms with Crippen molar-refractivity contribution >= 4 is 17.9 Å². The Balaban J connectivity index is 2.13. The van der Waals surface area contributed by atoms with E-state index in [2.05, 4.69) is 15.4 Å². The number of anilines is 1. The van der Waals surface area contributed by atoms with Gasteiger partial charge in [-0.05, 0) is 6.42 Å². The summed E-state index contributed by atoms with van der Waals surface area (Å²) >= 11 is 0. The van der Waals surface area contributed by atoms with Crippen LogP contribution >= 0.6 is 0 Å². The molecular weight excluding hydrogens is 295 g/mol. The van der Waals surface area contributed by atoms with E-state index in [1.807, 2.05) is 0 Å². The van der Waals surface area contributed by atoms with Crippen molar-refractivity contribution in [1.29, 1.82) is 0 Å². The summed E-state index contributed by atoms with van der Waals surface area (Å²) in [5, 5.41) is 14.9. The van der Waals surface area contributed by atoms with Crippen molar-refractivity contribution in [2.24, 2.45) is 12.5 Å². The highest BCUT2D eigenvalue weighted by atomic mass is 19.4. The van der Waals surface area contributed by atoms with Crippen molar-refractivity contribution in [1.82, 2.24) is 19.7 Å². The van der Waals surface area contributed by atoms with E-state index < -0.39 is 36.6 Å². The standard InChI is InChI=1S/C10H12F3N5O3/c1-17-7(14-5-15-17)16-8(21)18-3-2-9(4-18,6(19)20)10(11,12)13/h5H,2-4H2,1H3,(H,19,20)(H,14,15,16,21). The normalized spacial score (nSPS) is 22.4. The molecule has 1 fully saturated rings. The lowest BCUT2D eigenvalue weighted by Gasteiger charge is -2.27. The Bertz CT molecular complexity index is 573. The summed E-state index contributed by atoms with van der Waals surface area (Å²) in [5.74, 6) is -1.93. The van der Waals surface area contributed by atoms with Crippen LogP contribution in [0.15, 0.2) is 6.33 Å². The van der Waals surface area contributed by atoms with Crippen molar-refractivity contribution in [2.45, 2.75) is 12.6 Å². The molecule has 116 valence electrons. The third kappa shape index (κ3) is 2.50. The Kier molecular flexibility index (Phi) is 3.51. The van der Waals surface area contributed by atoms with Crippen LogP contribution in [0, 0.1) is 5.41 Å². The highest BCUT2D eigenvalue weighted by molar-refractivity contribution is 5.89. The summed E-state index contributed by atoms with van der Waals surface area (Å²) in [6.45, 7) is -1.25. The lowest BCUT2D eigenvalue weighted by molar-refractivity contribution is -0.226. The van der Waals surface area contributed by atoms with Crippen molar-refractivity contribution in [3.63, 3.8) is 0 Å². The van der Waals surface area contributed by atoms with Crippen LogP contribution in [0.4, 0.5) is 23.9 Å². The first kappa shape index (κ1) is 15.1. The number of nitrogens with one attached hydrogen (secondary N) is 1. The highest BCUT2D eigenvalue weighted by Crippen LogP contribution is 2.45. The zero-order chi connectivity index (χ0) is 15.8. The van der Waals surface area contributed by atoms with E-state index in [0.29, 0.717) is 0 Å². The largest absolute Gasteiger partial charge is 0.481 e. The van der Waals surface area contributed by atoms with E-state index in [1.54, 1.807) is 0 Å². The molecule has 0 saturated carbocycles. The van der Waals surface area contributed by atoms with Crippen molar-refractivity contribution in [2.75, 3.05) is 18.4 Å². The van der Waals surface area contributed by atoms with Crippen LogP contribution in [0.3, 0.4) is 0 Å². The van der Waals surface area contributed by atoms with Gasteiger partial charge in [0.05, 0.1) is 0 Å². The number of urea groups is 1. The molecule has 8 nitrogen and oxygen atoms in total. The minimum atomic E-state index is -4.93. The number of aryl methyl sites for hydroxylation is 1.